The maximum Gasteiger partial charge on any atom is 0.139 e. The van der Waals surface area contributed by atoms with Gasteiger partial charge in [-0.3, -0.25) is 4.79 Å². The third-order valence-corrected chi connectivity index (χ3v) is 2.62. The van der Waals surface area contributed by atoms with E-state index in [1.807, 2.05) is 18.2 Å². The Bertz CT molecular complexity index is 374. The Kier molecular flexibility index (Phi) is 2.15. The molecule has 1 aromatic carbocycles. The van der Waals surface area contributed by atoms with E-state index in [-0.39, 0.29) is 11.7 Å². The second-order valence-electron chi connectivity index (χ2n) is 3.47. The number of benzene rings is 1. The lowest BCUT2D eigenvalue weighted by atomic mass is 9.97. The average Bonchev–Trinajstić information content (AvgIpc) is 2.60. The molecule has 0 amide bonds. The molecule has 3 heteroatoms. The number of hydrogen-bond donors (Lipinski definition) is 1. The van der Waals surface area contributed by atoms with Crippen LogP contribution in [0.4, 0.5) is 5.69 Å². The zero-order valence-corrected chi connectivity index (χ0v) is 8.33. The Balaban J connectivity index is 2.50. The van der Waals surface area contributed by atoms with E-state index in [0.29, 0.717) is 6.54 Å². The van der Waals surface area contributed by atoms with Crippen LogP contribution in [-0.2, 0) is 4.79 Å². The maximum absolute atomic E-state index is 11.4. The fourth-order valence-corrected chi connectivity index (χ4v) is 1.90. The number of Topliss-reactive ketones (excluding diaryl/α,β-unsaturated/α-hetero) is 1. The number of ether oxygens (including phenoxy) is 1. The fraction of sp³-hybridized carbons (Fsp3) is 0.364. The van der Waals surface area contributed by atoms with Crippen molar-refractivity contribution >= 4 is 11.5 Å². The van der Waals surface area contributed by atoms with E-state index in [4.69, 9.17) is 4.74 Å². The number of nitrogens with one attached hydrogen (secondary N) is 1. The lowest BCUT2D eigenvalue weighted by molar-refractivity contribution is -0.118. The SMILES string of the molecule is COc1cccc2c1C(C(C)=O)CN2. The monoisotopic (exact) mass is 191 g/mol. The first-order valence-electron chi connectivity index (χ1n) is 4.65. The highest BCUT2D eigenvalue weighted by Gasteiger charge is 2.28. The number of carbonyl (C=O) groups excluding carboxylic acids is 1. The van der Waals surface area contributed by atoms with Crippen LogP contribution in [0.25, 0.3) is 0 Å². The predicted octanol–water partition coefficient (Wildman–Crippen LogP) is 1.79. The lowest BCUT2D eigenvalue weighted by Crippen LogP contribution is -2.11. The van der Waals surface area contributed by atoms with Gasteiger partial charge in [0.15, 0.2) is 0 Å². The molecule has 1 heterocycles. The first-order valence-corrected chi connectivity index (χ1v) is 4.65. The van der Waals surface area contributed by atoms with Gasteiger partial charge < -0.3 is 10.1 Å². The van der Waals surface area contributed by atoms with Crippen LogP contribution in [0, 0.1) is 0 Å². The van der Waals surface area contributed by atoms with Gasteiger partial charge in [-0.15, -0.1) is 0 Å². The van der Waals surface area contributed by atoms with Gasteiger partial charge in [0.2, 0.25) is 0 Å². The van der Waals surface area contributed by atoms with E-state index in [1.165, 1.54) is 0 Å². The highest BCUT2D eigenvalue weighted by Crippen LogP contribution is 2.38. The largest absolute Gasteiger partial charge is 0.496 e. The number of fused-ring (bicyclic) bond motifs is 1. The van der Waals surface area contributed by atoms with Gasteiger partial charge in [-0.1, -0.05) is 6.07 Å². The second kappa shape index (κ2) is 3.33. The van der Waals surface area contributed by atoms with Crippen LogP contribution in [0.1, 0.15) is 18.4 Å². The lowest BCUT2D eigenvalue weighted by Gasteiger charge is -2.10. The molecule has 1 aliphatic rings. The molecule has 0 saturated carbocycles. The van der Waals surface area contributed by atoms with Gasteiger partial charge in [0.05, 0.1) is 13.0 Å². The Labute approximate surface area is 83.1 Å². The summed E-state index contributed by atoms with van der Waals surface area (Å²) in [6.07, 6.45) is 0. The molecule has 1 atom stereocenters. The fourth-order valence-electron chi connectivity index (χ4n) is 1.90. The van der Waals surface area contributed by atoms with Crippen LogP contribution in [0.15, 0.2) is 18.2 Å². The summed E-state index contributed by atoms with van der Waals surface area (Å²) in [5.74, 6) is 0.926. The Morgan fingerprint density at radius 3 is 3.00 bits per heavy atom. The second-order valence-corrected chi connectivity index (χ2v) is 3.47. The summed E-state index contributed by atoms with van der Waals surface area (Å²) in [4.78, 5) is 11.4. The molecule has 0 fully saturated rings. The van der Waals surface area contributed by atoms with Gasteiger partial charge in [0.25, 0.3) is 0 Å². The van der Waals surface area contributed by atoms with E-state index in [9.17, 15) is 4.79 Å². The molecule has 0 saturated heterocycles. The summed E-state index contributed by atoms with van der Waals surface area (Å²) in [6.45, 7) is 2.30. The molecule has 0 aromatic heterocycles. The summed E-state index contributed by atoms with van der Waals surface area (Å²) < 4.78 is 5.25. The topological polar surface area (TPSA) is 38.3 Å². The normalized spacial score (nSPS) is 18.6. The van der Waals surface area contributed by atoms with Crippen molar-refractivity contribution in [1.29, 1.82) is 0 Å². The Morgan fingerprint density at radius 1 is 1.57 bits per heavy atom. The standard InChI is InChI=1S/C11H13NO2/c1-7(13)8-6-12-9-4-3-5-10(14-2)11(8)9/h3-5,8,12H,6H2,1-2H3. The Morgan fingerprint density at radius 2 is 2.36 bits per heavy atom. The molecular formula is C11H13NO2. The van der Waals surface area contributed by atoms with Crippen molar-refractivity contribution in [2.75, 3.05) is 19.0 Å². The number of anilines is 1. The summed E-state index contributed by atoms with van der Waals surface area (Å²) in [7, 11) is 1.63. The van der Waals surface area contributed by atoms with Crippen molar-refractivity contribution in [2.24, 2.45) is 0 Å². The molecule has 14 heavy (non-hydrogen) atoms. The van der Waals surface area contributed by atoms with E-state index in [2.05, 4.69) is 5.32 Å². The van der Waals surface area contributed by atoms with Gasteiger partial charge in [0, 0.05) is 17.8 Å². The van der Waals surface area contributed by atoms with E-state index >= 15 is 0 Å². The van der Waals surface area contributed by atoms with Crippen molar-refractivity contribution in [3.05, 3.63) is 23.8 Å². The average molecular weight is 191 g/mol. The van der Waals surface area contributed by atoms with Gasteiger partial charge in [0.1, 0.15) is 11.5 Å². The molecule has 0 bridgehead atoms. The zero-order valence-electron chi connectivity index (χ0n) is 8.33. The zero-order chi connectivity index (χ0) is 10.1. The molecule has 2 rings (SSSR count). The summed E-state index contributed by atoms with van der Waals surface area (Å²) in [6, 6.07) is 5.79. The number of rotatable bonds is 2. The summed E-state index contributed by atoms with van der Waals surface area (Å²) >= 11 is 0. The highest BCUT2D eigenvalue weighted by molar-refractivity contribution is 5.89. The van der Waals surface area contributed by atoms with Crippen LogP contribution in [0.2, 0.25) is 0 Å². The van der Waals surface area contributed by atoms with Crippen molar-refractivity contribution in [3.8, 4) is 5.75 Å². The quantitative estimate of drug-likeness (QED) is 0.774. The molecule has 0 spiro atoms. The molecule has 1 unspecified atom stereocenters. The Hall–Kier alpha value is -1.51. The van der Waals surface area contributed by atoms with Gasteiger partial charge in [-0.2, -0.15) is 0 Å². The molecule has 1 N–H and O–H groups in total. The summed E-state index contributed by atoms with van der Waals surface area (Å²) in [5.41, 5.74) is 2.02. The number of ketones is 1. The minimum atomic E-state index is -0.0545. The first-order chi connectivity index (χ1) is 6.74. The van der Waals surface area contributed by atoms with Gasteiger partial charge >= 0.3 is 0 Å². The first kappa shape index (κ1) is 9.06. The summed E-state index contributed by atoms with van der Waals surface area (Å²) in [5, 5.41) is 3.21. The van der Waals surface area contributed by atoms with Crippen LogP contribution in [0.5, 0.6) is 5.75 Å². The third kappa shape index (κ3) is 1.25. The molecular weight excluding hydrogens is 178 g/mol. The van der Waals surface area contributed by atoms with Gasteiger partial charge in [-0.25, -0.2) is 0 Å². The van der Waals surface area contributed by atoms with Crippen molar-refractivity contribution in [3.63, 3.8) is 0 Å². The van der Waals surface area contributed by atoms with Crippen molar-refractivity contribution in [1.82, 2.24) is 0 Å². The van der Waals surface area contributed by atoms with Crippen LogP contribution < -0.4 is 10.1 Å². The number of carbonyl (C=O) groups is 1. The number of methoxy groups -OCH3 is 1. The van der Waals surface area contributed by atoms with Crippen LogP contribution in [-0.4, -0.2) is 19.4 Å². The smallest absolute Gasteiger partial charge is 0.139 e. The number of hydrogen-bond acceptors (Lipinski definition) is 3. The molecule has 0 aliphatic carbocycles. The highest BCUT2D eigenvalue weighted by atomic mass is 16.5. The van der Waals surface area contributed by atoms with Crippen LogP contribution >= 0.6 is 0 Å². The molecule has 1 aliphatic heterocycles. The van der Waals surface area contributed by atoms with Crippen molar-refractivity contribution < 1.29 is 9.53 Å². The van der Waals surface area contributed by atoms with E-state index in [1.54, 1.807) is 14.0 Å². The molecule has 3 nitrogen and oxygen atoms in total. The van der Waals surface area contributed by atoms with Crippen LogP contribution in [0.3, 0.4) is 0 Å². The van der Waals surface area contributed by atoms with Gasteiger partial charge in [-0.05, 0) is 19.1 Å². The minimum absolute atomic E-state index is 0.0545. The molecule has 0 radical (unpaired) electrons. The third-order valence-electron chi connectivity index (χ3n) is 2.62. The van der Waals surface area contributed by atoms with E-state index in [0.717, 1.165) is 17.0 Å². The van der Waals surface area contributed by atoms with Crippen molar-refractivity contribution in [2.45, 2.75) is 12.8 Å². The molecule has 74 valence electrons. The molecule has 1 aromatic rings. The van der Waals surface area contributed by atoms with E-state index < -0.39 is 0 Å². The maximum atomic E-state index is 11.4. The minimum Gasteiger partial charge on any atom is -0.496 e. The predicted molar refractivity (Wildman–Crippen MR) is 54.9 cm³/mol.